The van der Waals surface area contributed by atoms with Crippen LogP contribution in [0.2, 0.25) is 10.0 Å². The van der Waals surface area contributed by atoms with Gasteiger partial charge in [0.1, 0.15) is 0 Å². The maximum Gasteiger partial charge on any atom is 0.317 e. The van der Waals surface area contributed by atoms with Crippen molar-refractivity contribution in [1.82, 2.24) is 15.5 Å². The molecule has 1 aromatic rings. The number of hydrogen-bond donors (Lipinski definition) is 2. The van der Waals surface area contributed by atoms with Crippen LogP contribution in [-0.4, -0.2) is 36.1 Å². The lowest BCUT2D eigenvalue weighted by Crippen LogP contribution is -2.44. The highest BCUT2D eigenvalue weighted by Gasteiger charge is 2.30. The Morgan fingerprint density at radius 3 is 2.90 bits per heavy atom. The second-order valence-corrected chi connectivity index (χ2v) is 6.61. The van der Waals surface area contributed by atoms with Gasteiger partial charge in [0, 0.05) is 41.8 Å². The van der Waals surface area contributed by atoms with Gasteiger partial charge in [-0.2, -0.15) is 0 Å². The van der Waals surface area contributed by atoms with Gasteiger partial charge in [0.25, 0.3) is 0 Å². The molecule has 2 N–H and O–H groups in total. The molecular formula is C15H19Cl2N3O. The fourth-order valence-electron chi connectivity index (χ4n) is 3.08. The molecule has 2 aliphatic rings. The third-order valence-electron chi connectivity index (χ3n) is 4.26. The van der Waals surface area contributed by atoms with Gasteiger partial charge in [-0.05, 0) is 37.0 Å². The first-order valence-electron chi connectivity index (χ1n) is 7.34. The van der Waals surface area contributed by atoms with E-state index in [2.05, 4.69) is 10.6 Å². The van der Waals surface area contributed by atoms with Crippen molar-refractivity contribution < 1.29 is 4.79 Å². The molecule has 2 aliphatic heterocycles. The van der Waals surface area contributed by atoms with Crippen LogP contribution in [0, 0.1) is 0 Å². The SMILES string of the molecule is O=C(NCc1ccc(Cl)cc1Cl)N1CC[C@H]2CC[C@@H](C1)N2. The topological polar surface area (TPSA) is 44.4 Å². The number of nitrogens with one attached hydrogen (secondary N) is 2. The van der Waals surface area contributed by atoms with Gasteiger partial charge in [-0.25, -0.2) is 4.79 Å². The first-order chi connectivity index (χ1) is 10.1. The Hall–Kier alpha value is -0.970. The molecule has 21 heavy (non-hydrogen) atoms. The van der Waals surface area contributed by atoms with E-state index in [9.17, 15) is 4.79 Å². The van der Waals surface area contributed by atoms with E-state index in [1.807, 2.05) is 11.0 Å². The van der Waals surface area contributed by atoms with Crippen molar-refractivity contribution >= 4 is 29.2 Å². The molecule has 1 aromatic carbocycles. The smallest absolute Gasteiger partial charge is 0.317 e. The maximum absolute atomic E-state index is 12.3. The van der Waals surface area contributed by atoms with E-state index >= 15 is 0 Å². The average molecular weight is 328 g/mol. The standard InChI is InChI=1S/C15H19Cl2N3O/c16-11-2-1-10(14(17)7-11)8-18-15(21)20-6-5-12-3-4-13(9-20)19-12/h1-2,7,12-13,19H,3-6,8-9H2,(H,18,21)/t12-,13+/m1/s1. The minimum atomic E-state index is -0.0182. The molecule has 2 bridgehead atoms. The number of hydrogen-bond acceptors (Lipinski definition) is 2. The molecule has 3 rings (SSSR count). The molecule has 2 saturated heterocycles. The van der Waals surface area contributed by atoms with E-state index < -0.39 is 0 Å². The second-order valence-electron chi connectivity index (χ2n) is 5.77. The van der Waals surface area contributed by atoms with Crippen LogP contribution in [0.3, 0.4) is 0 Å². The van der Waals surface area contributed by atoms with E-state index in [4.69, 9.17) is 23.2 Å². The number of carbonyl (C=O) groups excluding carboxylic acids is 1. The Kier molecular flexibility index (Phi) is 4.57. The summed E-state index contributed by atoms with van der Waals surface area (Å²) >= 11 is 12.0. The number of fused-ring (bicyclic) bond motifs is 2. The van der Waals surface area contributed by atoms with Crippen molar-refractivity contribution in [3.63, 3.8) is 0 Å². The van der Waals surface area contributed by atoms with Crippen LogP contribution in [0.5, 0.6) is 0 Å². The summed E-state index contributed by atoms with van der Waals surface area (Å²) in [5, 5.41) is 7.70. The zero-order chi connectivity index (χ0) is 14.8. The molecule has 0 saturated carbocycles. The molecular weight excluding hydrogens is 309 g/mol. The highest BCUT2D eigenvalue weighted by Crippen LogP contribution is 2.22. The van der Waals surface area contributed by atoms with Gasteiger partial charge in [0.05, 0.1) is 0 Å². The quantitative estimate of drug-likeness (QED) is 0.876. The van der Waals surface area contributed by atoms with Crippen molar-refractivity contribution in [1.29, 1.82) is 0 Å². The first-order valence-corrected chi connectivity index (χ1v) is 8.10. The summed E-state index contributed by atoms with van der Waals surface area (Å²) < 4.78 is 0. The van der Waals surface area contributed by atoms with Crippen LogP contribution in [-0.2, 0) is 6.54 Å². The van der Waals surface area contributed by atoms with E-state index in [-0.39, 0.29) is 6.03 Å². The molecule has 0 unspecified atom stereocenters. The van der Waals surface area contributed by atoms with Crippen molar-refractivity contribution in [3.05, 3.63) is 33.8 Å². The van der Waals surface area contributed by atoms with Crippen molar-refractivity contribution in [2.75, 3.05) is 13.1 Å². The van der Waals surface area contributed by atoms with Crippen molar-refractivity contribution in [2.24, 2.45) is 0 Å². The lowest BCUT2D eigenvalue weighted by molar-refractivity contribution is 0.194. The van der Waals surface area contributed by atoms with Gasteiger partial charge in [-0.1, -0.05) is 29.3 Å². The summed E-state index contributed by atoms with van der Waals surface area (Å²) in [4.78, 5) is 14.2. The van der Waals surface area contributed by atoms with Gasteiger partial charge < -0.3 is 15.5 Å². The maximum atomic E-state index is 12.3. The van der Waals surface area contributed by atoms with Crippen LogP contribution < -0.4 is 10.6 Å². The summed E-state index contributed by atoms with van der Waals surface area (Å²) in [6, 6.07) is 6.33. The fourth-order valence-corrected chi connectivity index (χ4v) is 3.55. The van der Waals surface area contributed by atoms with E-state index in [0.29, 0.717) is 28.7 Å². The number of amides is 2. The lowest BCUT2D eigenvalue weighted by atomic mass is 10.1. The fraction of sp³-hybridized carbons (Fsp3) is 0.533. The zero-order valence-corrected chi connectivity index (χ0v) is 13.3. The van der Waals surface area contributed by atoms with E-state index in [0.717, 1.165) is 31.5 Å². The summed E-state index contributed by atoms with van der Waals surface area (Å²) in [5.41, 5.74) is 0.879. The number of halogens is 2. The molecule has 4 nitrogen and oxygen atoms in total. The molecule has 114 valence electrons. The van der Waals surface area contributed by atoms with Crippen LogP contribution in [0.1, 0.15) is 24.8 Å². The second kappa shape index (κ2) is 6.42. The molecule has 2 heterocycles. The molecule has 6 heteroatoms. The number of likely N-dealkylation sites (tertiary alicyclic amines) is 1. The summed E-state index contributed by atoms with van der Waals surface area (Å²) in [5.74, 6) is 0. The zero-order valence-electron chi connectivity index (χ0n) is 11.7. The third-order valence-corrected chi connectivity index (χ3v) is 4.84. The Labute approximate surface area is 134 Å². The van der Waals surface area contributed by atoms with Gasteiger partial charge in [0.2, 0.25) is 0 Å². The van der Waals surface area contributed by atoms with Gasteiger partial charge in [0.15, 0.2) is 0 Å². The average Bonchev–Trinajstić information content (AvgIpc) is 2.77. The molecule has 2 amide bonds. The Balaban J connectivity index is 1.56. The minimum absolute atomic E-state index is 0.0182. The highest BCUT2D eigenvalue weighted by molar-refractivity contribution is 6.35. The molecule has 2 fully saturated rings. The molecule has 0 aromatic heterocycles. The number of benzene rings is 1. The monoisotopic (exact) mass is 327 g/mol. The van der Waals surface area contributed by atoms with Crippen molar-refractivity contribution in [3.8, 4) is 0 Å². The number of urea groups is 1. The van der Waals surface area contributed by atoms with E-state index in [1.165, 1.54) is 6.42 Å². The van der Waals surface area contributed by atoms with Crippen LogP contribution >= 0.6 is 23.2 Å². The summed E-state index contributed by atoms with van der Waals surface area (Å²) in [6.07, 6.45) is 3.43. The minimum Gasteiger partial charge on any atom is -0.334 e. The predicted octanol–water partition coefficient (Wildman–Crippen LogP) is 3.03. The Morgan fingerprint density at radius 1 is 1.29 bits per heavy atom. The van der Waals surface area contributed by atoms with Crippen LogP contribution in [0.25, 0.3) is 0 Å². The number of rotatable bonds is 2. The molecule has 2 atom stereocenters. The highest BCUT2D eigenvalue weighted by atomic mass is 35.5. The number of nitrogens with zero attached hydrogens (tertiary/aromatic N) is 1. The lowest BCUT2D eigenvalue weighted by Gasteiger charge is -2.24. The Morgan fingerprint density at radius 2 is 2.10 bits per heavy atom. The van der Waals surface area contributed by atoms with Crippen LogP contribution in [0.15, 0.2) is 18.2 Å². The Bertz CT molecular complexity index is 538. The summed E-state index contributed by atoms with van der Waals surface area (Å²) in [7, 11) is 0. The first kappa shape index (κ1) is 14.9. The summed E-state index contributed by atoms with van der Waals surface area (Å²) in [6.45, 7) is 2.03. The number of carbonyl (C=O) groups is 1. The molecule has 0 spiro atoms. The van der Waals surface area contributed by atoms with E-state index in [1.54, 1.807) is 12.1 Å². The third kappa shape index (κ3) is 3.62. The molecule has 0 radical (unpaired) electrons. The van der Waals surface area contributed by atoms with Gasteiger partial charge in [-0.3, -0.25) is 0 Å². The van der Waals surface area contributed by atoms with Gasteiger partial charge >= 0.3 is 6.03 Å². The van der Waals surface area contributed by atoms with Crippen LogP contribution in [0.4, 0.5) is 4.79 Å². The predicted molar refractivity (Wildman–Crippen MR) is 84.8 cm³/mol. The van der Waals surface area contributed by atoms with Crippen molar-refractivity contribution in [2.45, 2.75) is 37.9 Å². The molecule has 0 aliphatic carbocycles. The normalized spacial score (nSPS) is 24.8. The van der Waals surface area contributed by atoms with Gasteiger partial charge in [-0.15, -0.1) is 0 Å². The largest absolute Gasteiger partial charge is 0.334 e.